The summed E-state index contributed by atoms with van der Waals surface area (Å²) in [4.78, 5) is 15.5. The van der Waals surface area contributed by atoms with Crippen molar-refractivity contribution in [2.24, 2.45) is 0 Å². The zero-order chi connectivity index (χ0) is 11.0. The number of esters is 1. The highest BCUT2D eigenvalue weighted by Crippen LogP contribution is 2.29. The number of nitrogens with one attached hydrogen (secondary N) is 1. The van der Waals surface area contributed by atoms with Gasteiger partial charge >= 0.3 is 5.97 Å². The Morgan fingerprint density at radius 1 is 1.67 bits per heavy atom. The number of hydrogen-bond acceptors (Lipinski definition) is 4. The molecule has 2 heterocycles. The standard InChI is InChI=1S/C10H15N3O2/c1-6-4-7(2)13-5-11-8(9(13)12-6)10(14)15-3/h5-7,12H,4H2,1-3H3/t6-,7+/m1/s1. The van der Waals surface area contributed by atoms with Crippen molar-refractivity contribution in [3.05, 3.63) is 12.0 Å². The molecule has 0 aliphatic carbocycles. The van der Waals surface area contributed by atoms with Crippen molar-refractivity contribution >= 4 is 11.8 Å². The van der Waals surface area contributed by atoms with Crippen molar-refractivity contribution in [2.45, 2.75) is 32.4 Å². The highest BCUT2D eigenvalue weighted by Gasteiger charge is 2.26. The summed E-state index contributed by atoms with van der Waals surface area (Å²) in [5.74, 6) is 0.380. The Bertz CT molecular complexity index is 386. The fourth-order valence-corrected chi connectivity index (χ4v) is 2.00. The first-order chi connectivity index (χ1) is 7.13. The number of nitrogens with zero attached hydrogens (tertiary/aromatic N) is 2. The lowest BCUT2D eigenvalue weighted by Crippen LogP contribution is -2.28. The third-order valence-electron chi connectivity index (χ3n) is 2.73. The Labute approximate surface area is 88.4 Å². The van der Waals surface area contributed by atoms with Crippen LogP contribution >= 0.6 is 0 Å². The van der Waals surface area contributed by atoms with E-state index in [1.807, 2.05) is 4.57 Å². The molecule has 1 aromatic rings. The maximum Gasteiger partial charge on any atom is 0.360 e. The minimum absolute atomic E-state index is 0.354. The molecule has 1 aliphatic rings. The van der Waals surface area contributed by atoms with Gasteiger partial charge in [-0.15, -0.1) is 0 Å². The van der Waals surface area contributed by atoms with E-state index in [1.54, 1.807) is 6.33 Å². The summed E-state index contributed by atoms with van der Waals surface area (Å²) in [5.41, 5.74) is 0.371. The highest BCUT2D eigenvalue weighted by molar-refractivity contribution is 5.92. The summed E-state index contributed by atoms with van der Waals surface area (Å²) >= 11 is 0. The first-order valence-electron chi connectivity index (χ1n) is 5.05. The van der Waals surface area contributed by atoms with Crippen LogP contribution in [-0.4, -0.2) is 28.7 Å². The first-order valence-corrected chi connectivity index (χ1v) is 5.05. The Kier molecular flexibility index (Phi) is 2.38. The minimum Gasteiger partial charge on any atom is -0.464 e. The maximum absolute atomic E-state index is 11.4. The molecule has 15 heavy (non-hydrogen) atoms. The SMILES string of the molecule is COC(=O)c1ncn2c1N[C@H](C)C[C@@H]2C. The van der Waals surface area contributed by atoms with Crippen LogP contribution in [0.1, 0.15) is 36.8 Å². The molecule has 0 unspecified atom stereocenters. The molecule has 0 saturated carbocycles. The predicted octanol–water partition coefficient (Wildman–Crippen LogP) is 1.43. The predicted molar refractivity (Wildman–Crippen MR) is 56.0 cm³/mol. The number of imidazole rings is 1. The van der Waals surface area contributed by atoms with Gasteiger partial charge in [0.25, 0.3) is 0 Å². The highest BCUT2D eigenvalue weighted by atomic mass is 16.5. The van der Waals surface area contributed by atoms with E-state index >= 15 is 0 Å². The molecule has 2 rings (SSSR count). The molecule has 2 atom stereocenters. The molecule has 82 valence electrons. The molecule has 5 heteroatoms. The van der Waals surface area contributed by atoms with Crippen molar-refractivity contribution in [3.63, 3.8) is 0 Å². The van der Waals surface area contributed by atoms with E-state index in [4.69, 9.17) is 0 Å². The van der Waals surface area contributed by atoms with Crippen LogP contribution in [-0.2, 0) is 4.74 Å². The van der Waals surface area contributed by atoms with Crippen LogP contribution in [0, 0.1) is 0 Å². The zero-order valence-electron chi connectivity index (χ0n) is 9.15. The Morgan fingerprint density at radius 2 is 2.40 bits per heavy atom. The largest absolute Gasteiger partial charge is 0.464 e. The molecule has 0 saturated heterocycles. The molecule has 0 amide bonds. The number of carbonyl (C=O) groups excluding carboxylic acids is 1. The average molecular weight is 209 g/mol. The van der Waals surface area contributed by atoms with Gasteiger partial charge in [-0.05, 0) is 20.3 Å². The van der Waals surface area contributed by atoms with Gasteiger partial charge in [0, 0.05) is 12.1 Å². The summed E-state index contributed by atoms with van der Waals surface area (Å²) < 4.78 is 6.65. The number of rotatable bonds is 1. The van der Waals surface area contributed by atoms with Crippen molar-refractivity contribution in [2.75, 3.05) is 12.4 Å². The number of aromatic nitrogens is 2. The number of hydrogen-bond donors (Lipinski definition) is 1. The van der Waals surface area contributed by atoms with Gasteiger partial charge in [-0.3, -0.25) is 0 Å². The van der Waals surface area contributed by atoms with E-state index in [0.717, 1.165) is 12.2 Å². The fraction of sp³-hybridized carbons (Fsp3) is 0.600. The van der Waals surface area contributed by atoms with Gasteiger partial charge in [-0.1, -0.05) is 0 Å². The third kappa shape index (κ3) is 1.58. The number of anilines is 1. The second kappa shape index (κ2) is 3.56. The van der Waals surface area contributed by atoms with E-state index < -0.39 is 5.97 Å². The lowest BCUT2D eigenvalue weighted by molar-refractivity contribution is 0.0595. The Balaban J connectivity index is 2.41. The van der Waals surface area contributed by atoms with Gasteiger partial charge in [0.1, 0.15) is 5.82 Å². The monoisotopic (exact) mass is 209 g/mol. The van der Waals surface area contributed by atoms with Crippen molar-refractivity contribution < 1.29 is 9.53 Å². The number of ether oxygens (including phenoxy) is 1. The smallest absolute Gasteiger partial charge is 0.360 e. The second-order valence-electron chi connectivity index (χ2n) is 3.97. The normalized spacial score (nSPS) is 24.2. The van der Waals surface area contributed by atoms with Crippen LogP contribution < -0.4 is 5.32 Å². The fourth-order valence-electron chi connectivity index (χ4n) is 2.00. The molecule has 0 bridgehead atoms. The number of fused-ring (bicyclic) bond motifs is 1. The third-order valence-corrected chi connectivity index (χ3v) is 2.73. The molecular weight excluding hydrogens is 194 g/mol. The topological polar surface area (TPSA) is 56.1 Å². The molecule has 0 aromatic carbocycles. The number of carbonyl (C=O) groups is 1. The maximum atomic E-state index is 11.4. The van der Waals surface area contributed by atoms with Crippen LogP contribution in [0.5, 0.6) is 0 Å². The van der Waals surface area contributed by atoms with Crippen LogP contribution in [0.15, 0.2) is 6.33 Å². The van der Waals surface area contributed by atoms with Crippen LogP contribution in [0.2, 0.25) is 0 Å². The molecule has 5 nitrogen and oxygen atoms in total. The number of methoxy groups -OCH3 is 1. The molecule has 1 N–H and O–H groups in total. The Hall–Kier alpha value is -1.52. The lowest BCUT2D eigenvalue weighted by atomic mass is 10.1. The zero-order valence-corrected chi connectivity index (χ0v) is 9.15. The molecule has 0 radical (unpaired) electrons. The van der Waals surface area contributed by atoms with Gasteiger partial charge in [-0.2, -0.15) is 0 Å². The molecule has 0 spiro atoms. The van der Waals surface area contributed by atoms with E-state index in [0.29, 0.717) is 17.8 Å². The Morgan fingerprint density at radius 3 is 3.07 bits per heavy atom. The molecule has 1 aliphatic heterocycles. The quantitative estimate of drug-likeness (QED) is 0.711. The first kappa shape index (κ1) is 10.0. The van der Waals surface area contributed by atoms with Crippen LogP contribution in [0.4, 0.5) is 5.82 Å². The summed E-state index contributed by atoms with van der Waals surface area (Å²) in [6.45, 7) is 4.21. The summed E-state index contributed by atoms with van der Waals surface area (Å²) in [5, 5.41) is 3.25. The van der Waals surface area contributed by atoms with Crippen LogP contribution in [0.25, 0.3) is 0 Å². The van der Waals surface area contributed by atoms with Gasteiger partial charge in [0.05, 0.1) is 13.4 Å². The van der Waals surface area contributed by atoms with E-state index in [-0.39, 0.29) is 0 Å². The molecule has 1 aromatic heterocycles. The van der Waals surface area contributed by atoms with Crippen molar-refractivity contribution in [1.82, 2.24) is 9.55 Å². The van der Waals surface area contributed by atoms with E-state index in [2.05, 4.69) is 28.9 Å². The summed E-state index contributed by atoms with van der Waals surface area (Å²) in [6, 6.07) is 0.717. The summed E-state index contributed by atoms with van der Waals surface area (Å²) in [6.07, 6.45) is 2.72. The van der Waals surface area contributed by atoms with Crippen molar-refractivity contribution in [1.29, 1.82) is 0 Å². The lowest BCUT2D eigenvalue weighted by Gasteiger charge is -2.28. The minimum atomic E-state index is -0.391. The van der Waals surface area contributed by atoms with Gasteiger partial charge in [-0.25, -0.2) is 9.78 Å². The van der Waals surface area contributed by atoms with Gasteiger partial charge in [0.15, 0.2) is 5.69 Å². The second-order valence-corrected chi connectivity index (χ2v) is 3.97. The van der Waals surface area contributed by atoms with Crippen molar-refractivity contribution in [3.8, 4) is 0 Å². The summed E-state index contributed by atoms with van der Waals surface area (Å²) in [7, 11) is 1.36. The van der Waals surface area contributed by atoms with Gasteiger partial charge < -0.3 is 14.6 Å². The van der Waals surface area contributed by atoms with E-state index in [9.17, 15) is 4.79 Å². The van der Waals surface area contributed by atoms with Crippen LogP contribution in [0.3, 0.4) is 0 Å². The molecular formula is C10H15N3O2. The molecule has 0 fully saturated rings. The van der Waals surface area contributed by atoms with Gasteiger partial charge in [0.2, 0.25) is 0 Å². The van der Waals surface area contributed by atoms with E-state index in [1.165, 1.54) is 7.11 Å². The average Bonchev–Trinajstić information content (AvgIpc) is 2.60.